The predicted octanol–water partition coefficient (Wildman–Crippen LogP) is 3.17. The molecule has 96 valence electrons. The Morgan fingerprint density at radius 3 is 2.74 bits per heavy atom. The van der Waals surface area contributed by atoms with Crippen molar-refractivity contribution in [2.24, 2.45) is 0 Å². The van der Waals surface area contributed by atoms with Crippen LogP contribution in [0.1, 0.15) is 16.8 Å². The Morgan fingerprint density at radius 1 is 1.32 bits per heavy atom. The van der Waals surface area contributed by atoms with E-state index in [1.165, 1.54) is 6.07 Å². The zero-order chi connectivity index (χ0) is 13.8. The lowest BCUT2D eigenvalue weighted by atomic mass is 10.1. The van der Waals surface area contributed by atoms with Gasteiger partial charge in [0.15, 0.2) is 5.75 Å². The van der Waals surface area contributed by atoms with Crippen LogP contribution in [0.3, 0.4) is 0 Å². The second kappa shape index (κ2) is 5.30. The molecule has 0 spiro atoms. The number of hydrogen-bond donors (Lipinski definition) is 1. The second-order valence-electron chi connectivity index (χ2n) is 4.05. The summed E-state index contributed by atoms with van der Waals surface area (Å²) in [5.74, 6) is -0.292. The van der Waals surface area contributed by atoms with Gasteiger partial charge in [0.2, 0.25) is 0 Å². The van der Waals surface area contributed by atoms with Gasteiger partial charge in [0, 0.05) is 12.3 Å². The molecule has 2 rings (SSSR count). The molecule has 0 bridgehead atoms. The number of aromatic nitrogens is 1. The summed E-state index contributed by atoms with van der Waals surface area (Å²) in [4.78, 5) is 14.3. The highest BCUT2D eigenvalue weighted by Crippen LogP contribution is 2.31. The second-order valence-corrected chi connectivity index (χ2v) is 4.05. The minimum atomic E-state index is -0.597. The van der Waals surface area contributed by atoms with E-state index in [1.54, 1.807) is 31.3 Å². The lowest BCUT2D eigenvalue weighted by molar-refractivity contribution is -0.385. The van der Waals surface area contributed by atoms with E-state index in [9.17, 15) is 15.2 Å². The fourth-order valence-corrected chi connectivity index (χ4v) is 1.68. The van der Waals surface area contributed by atoms with Gasteiger partial charge in [-0.3, -0.25) is 15.1 Å². The van der Waals surface area contributed by atoms with Crippen molar-refractivity contribution in [1.29, 1.82) is 0 Å². The smallest absolute Gasteiger partial charge is 0.311 e. The van der Waals surface area contributed by atoms with Crippen LogP contribution in [-0.2, 0) is 0 Å². The third-order valence-corrected chi connectivity index (χ3v) is 2.63. The zero-order valence-corrected chi connectivity index (χ0v) is 10.3. The average molecular weight is 256 g/mol. The molecule has 0 aliphatic carbocycles. The number of nitro groups is 1. The fourth-order valence-electron chi connectivity index (χ4n) is 1.68. The van der Waals surface area contributed by atoms with Gasteiger partial charge in [-0.05, 0) is 42.3 Å². The molecule has 5 heteroatoms. The van der Waals surface area contributed by atoms with Crippen molar-refractivity contribution < 1.29 is 10.0 Å². The Labute approximate surface area is 110 Å². The number of hydrogen-bond acceptors (Lipinski definition) is 4. The van der Waals surface area contributed by atoms with Crippen LogP contribution in [0.15, 0.2) is 36.5 Å². The number of rotatable bonds is 3. The van der Waals surface area contributed by atoms with E-state index in [0.29, 0.717) is 11.1 Å². The number of pyridine rings is 1. The zero-order valence-electron chi connectivity index (χ0n) is 10.3. The van der Waals surface area contributed by atoms with Gasteiger partial charge in [-0.1, -0.05) is 12.1 Å². The Hall–Kier alpha value is -2.69. The first-order valence-corrected chi connectivity index (χ1v) is 5.65. The number of aromatic hydroxyl groups is 1. The lowest BCUT2D eigenvalue weighted by Gasteiger charge is -2.02. The van der Waals surface area contributed by atoms with Crippen molar-refractivity contribution in [1.82, 2.24) is 4.98 Å². The topological polar surface area (TPSA) is 76.3 Å². The summed E-state index contributed by atoms with van der Waals surface area (Å²) >= 11 is 0. The molecular formula is C14H12N2O3. The van der Waals surface area contributed by atoms with Crippen molar-refractivity contribution in [2.45, 2.75) is 6.92 Å². The first-order valence-electron chi connectivity index (χ1n) is 5.65. The third kappa shape index (κ3) is 2.95. The van der Waals surface area contributed by atoms with Crippen LogP contribution in [0.25, 0.3) is 12.2 Å². The van der Waals surface area contributed by atoms with Crippen molar-refractivity contribution in [3.63, 3.8) is 0 Å². The van der Waals surface area contributed by atoms with Crippen molar-refractivity contribution in [3.8, 4) is 5.75 Å². The SMILES string of the molecule is Cc1cc(/C=C/c2ccccn2)cc([N+](=O)[O-])c1O. The summed E-state index contributed by atoms with van der Waals surface area (Å²) in [6.07, 6.45) is 5.15. The minimum absolute atomic E-state index is 0.291. The molecule has 1 N–H and O–H groups in total. The van der Waals surface area contributed by atoms with Crippen molar-refractivity contribution in [2.75, 3.05) is 0 Å². The molecular weight excluding hydrogens is 244 g/mol. The molecule has 0 aliphatic rings. The number of nitrogens with zero attached hydrogens (tertiary/aromatic N) is 2. The maximum Gasteiger partial charge on any atom is 0.311 e. The lowest BCUT2D eigenvalue weighted by Crippen LogP contribution is -1.91. The molecule has 0 saturated carbocycles. The molecule has 1 aromatic carbocycles. The molecule has 0 radical (unpaired) electrons. The third-order valence-electron chi connectivity index (χ3n) is 2.63. The highest BCUT2D eigenvalue weighted by molar-refractivity contribution is 5.71. The van der Waals surface area contributed by atoms with Crippen molar-refractivity contribution in [3.05, 3.63) is 63.5 Å². The fraction of sp³-hybridized carbons (Fsp3) is 0.0714. The largest absolute Gasteiger partial charge is 0.502 e. The Kier molecular flexibility index (Phi) is 3.56. The molecule has 5 nitrogen and oxygen atoms in total. The molecule has 0 saturated heterocycles. The van der Waals surface area contributed by atoms with E-state index in [2.05, 4.69) is 4.98 Å². The summed E-state index contributed by atoms with van der Waals surface area (Å²) in [6, 6.07) is 8.52. The van der Waals surface area contributed by atoms with Gasteiger partial charge in [-0.2, -0.15) is 0 Å². The van der Waals surface area contributed by atoms with Gasteiger partial charge in [-0.25, -0.2) is 0 Å². The van der Waals surface area contributed by atoms with Crippen molar-refractivity contribution >= 4 is 17.8 Å². The van der Waals surface area contributed by atoms with Crippen LogP contribution >= 0.6 is 0 Å². The molecule has 0 unspecified atom stereocenters. The number of phenols is 1. The molecule has 0 fully saturated rings. The number of nitro benzene ring substituents is 1. The molecule has 1 aromatic heterocycles. The predicted molar refractivity (Wildman–Crippen MR) is 72.7 cm³/mol. The summed E-state index contributed by atoms with van der Waals surface area (Å²) in [6.45, 7) is 1.63. The van der Waals surface area contributed by atoms with E-state index < -0.39 is 4.92 Å². The van der Waals surface area contributed by atoms with Crippen LogP contribution in [0, 0.1) is 17.0 Å². The Balaban J connectivity index is 2.36. The van der Waals surface area contributed by atoms with Crippen LogP contribution in [0.2, 0.25) is 0 Å². The average Bonchev–Trinajstić information content (AvgIpc) is 2.41. The van der Waals surface area contributed by atoms with Gasteiger partial charge >= 0.3 is 5.69 Å². The highest BCUT2D eigenvalue weighted by atomic mass is 16.6. The monoisotopic (exact) mass is 256 g/mol. The van der Waals surface area contributed by atoms with Gasteiger partial charge in [-0.15, -0.1) is 0 Å². The van der Waals surface area contributed by atoms with E-state index in [1.807, 2.05) is 18.2 Å². The Bertz CT molecular complexity index is 637. The minimum Gasteiger partial charge on any atom is -0.502 e. The van der Waals surface area contributed by atoms with Gasteiger partial charge in [0.1, 0.15) is 0 Å². The van der Waals surface area contributed by atoms with E-state index in [0.717, 1.165) is 5.69 Å². The maximum atomic E-state index is 10.8. The molecule has 19 heavy (non-hydrogen) atoms. The summed E-state index contributed by atoms with van der Waals surface area (Å²) < 4.78 is 0. The van der Waals surface area contributed by atoms with Gasteiger partial charge < -0.3 is 5.11 Å². The molecule has 0 atom stereocenters. The molecule has 2 aromatic rings. The molecule has 1 heterocycles. The number of phenolic OH excluding ortho intramolecular Hbond substituents is 1. The summed E-state index contributed by atoms with van der Waals surface area (Å²) in [7, 11) is 0. The van der Waals surface area contributed by atoms with Gasteiger partial charge in [0.05, 0.1) is 10.6 Å². The molecule has 0 aliphatic heterocycles. The maximum absolute atomic E-state index is 10.8. The normalized spacial score (nSPS) is 10.8. The first-order chi connectivity index (χ1) is 9.08. The first kappa shape index (κ1) is 12.8. The van der Waals surface area contributed by atoms with E-state index in [-0.39, 0.29) is 11.4 Å². The highest BCUT2D eigenvalue weighted by Gasteiger charge is 2.15. The summed E-state index contributed by atoms with van der Waals surface area (Å²) in [5, 5.41) is 20.4. The number of benzene rings is 1. The van der Waals surface area contributed by atoms with Crippen LogP contribution in [0.4, 0.5) is 5.69 Å². The van der Waals surface area contributed by atoms with Gasteiger partial charge in [0.25, 0.3) is 0 Å². The quantitative estimate of drug-likeness (QED) is 0.676. The van der Waals surface area contributed by atoms with Crippen LogP contribution in [-0.4, -0.2) is 15.0 Å². The van der Waals surface area contributed by atoms with Crippen LogP contribution in [0.5, 0.6) is 5.75 Å². The Morgan fingerprint density at radius 2 is 2.11 bits per heavy atom. The summed E-state index contributed by atoms with van der Waals surface area (Å²) in [5.41, 5.74) is 1.58. The number of aryl methyl sites for hydroxylation is 1. The standard InChI is InChI=1S/C14H12N2O3/c1-10-8-11(9-13(14(10)17)16(18)19)5-6-12-4-2-3-7-15-12/h2-9,17H,1H3/b6-5+. The van der Waals surface area contributed by atoms with E-state index in [4.69, 9.17) is 0 Å². The van der Waals surface area contributed by atoms with E-state index >= 15 is 0 Å². The van der Waals surface area contributed by atoms with Crippen LogP contribution < -0.4 is 0 Å². The molecule has 0 amide bonds.